The van der Waals surface area contributed by atoms with Crippen LogP contribution in [0.3, 0.4) is 0 Å². The quantitative estimate of drug-likeness (QED) is 0.526. The van der Waals surface area contributed by atoms with Crippen LogP contribution < -0.4 is 16.2 Å². The molecule has 1 aromatic rings. The molecule has 0 atom stereocenters. The lowest BCUT2D eigenvalue weighted by Crippen LogP contribution is -2.23. The highest BCUT2D eigenvalue weighted by Gasteiger charge is 2.03. The van der Waals surface area contributed by atoms with Crippen LogP contribution in [0.2, 0.25) is 0 Å². The Labute approximate surface area is 78.0 Å². The standard InChI is InChI=1S/C8H15N5/c1-3-13(4-2)7-5-6-10-8(11-7)12-9/h5-6H,3-4,9H2,1-2H3,(H,10,11,12). The van der Waals surface area contributed by atoms with E-state index in [1.54, 1.807) is 6.20 Å². The van der Waals surface area contributed by atoms with Crippen molar-refractivity contribution in [1.82, 2.24) is 9.97 Å². The van der Waals surface area contributed by atoms with Gasteiger partial charge in [-0.2, -0.15) is 4.98 Å². The molecule has 5 nitrogen and oxygen atoms in total. The molecule has 0 aromatic carbocycles. The van der Waals surface area contributed by atoms with E-state index in [0.29, 0.717) is 5.95 Å². The van der Waals surface area contributed by atoms with Crippen LogP contribution in [0, 0.1) is 0 Å². The summed E-state index contributed by atoms with van der Waals surface area (Å²) in [4.78, 5) is 10.3. The molecule has 0 spiro atoms. The molecule has 0 fully saturated rings. The zero-order valence-electron chi connectivity index (χ0n) is 7.99. The predicted octanol–water partition coefficient (Wildman–Crippen LogP) is 0.608. The van der Waals surface area contributed by atoms with E-state index in [9.17, 15) is 0 Å². The average Bonchev–Trinajstić information content (AvgIpc) is 2.20. The summed E-state index contributed by atoms with van der Waals surface area (Å²) in [5.41, 5.74) is 2.42. The molecule has 0 aliphatic rings. The third kappa shape index (κ3) is 2.29. The van der Waals surface area contributed by atoms with Gasteiger partial charge in [0.25, 0.3) is 0 Å². The number of nitrogen functional groups attached to an aromatic ring is 1. The molecule has 5 heteroatoms. The van der Waals surface area contributed by atoms with Gasteiger partial charge in [-0.15, -0.1) is 0 Å². The van der Waals surface area contributed by atoms with E-state index in [2.05, 4.69) is 34.1 Å². The van der Waals surface area contributed by atoms with E-state index in [0.717, 1.165) is 18.9 Å². The number of hydrazine groups is 1. The van der Waals surface area contributed by atoms with Gasteiger partial charge in [-0.3, -0.25) is 5.43 Å². The van der Waals surface area contributed by atoms with Crippen molar-refractivity contribution < 1.29 is 0 Å². The molecule has 0 unspecified atom stereocenters. The van der Waals surface area contributed by atoms with Crippen molar-refractivity contribution in [3.8, 4) is 0 Å². The van der Waals surface area contributed by atoms with Gasteiger partial charge in [-0.05, 0) is 19.9 Å². The summed E-state index contributed by atoms with van der Waals surface area (Å²) < 4.78 is 0. The molecule has 0 radical (unpaired) electrons. The van der Waals surface area contributed by atoms with Crippen molar-refractivity contribution >= 4 is 11.8 Å². The number of nitrogens with two attached hydrogens (primary N) is 1. The smallest absolute Gasteiger partial charge is 0.239 e. The SMILES string of the molecule is CCN(CC)c1ccnc(NN)n1. The number of anilines is 2. The summed E-state index contributed by atoms with van der Waals surface area (Å²) in [7, 11) is 0. The Morgan fingerprint density at radius 2 is 2.15 bits per heavy atom. The summed E-state index contributed by atoms with van der Waals surface area (Å²) in [6.07, 6.45) is 1.69. The van der Waals surface area contributed by atoms with Gasteiger partial charge in [0.2, 0.25) is 5.95 Å². The van der Waals surface area contributed by atoms with Gasteiger partial charge in [-0.1, -0.05) is 0 Å². The predicted molar refractivity (Wildman–Crippen MR) is 53.4 cm³/mol. The van der Waals surface area contributed by atoms with Crippen molar-refractivity contribution in [3.05, 3.63) is 12.3 Å². The Balaban J connectivity index is 2.86. The second kappa shape index (κ2) is 4.61. The lowest BCUT2D eigenvalue weighted by atomic mass is 10.4. The van der Waals surface area contributed by atoms with E-state index in [1.165, 1.54) is 0 Å². The van der Waals surface area contributed by atoms with Crippen LogP contribution in [-0.4, -0.2) is 23.1 Å². The molecular weight excluding hydrogens is 166 g/mol. The van der Waals surface area contributed by atoms with Crippen LogP contribution in [0.25, 0.3) is 0 Å². The molecule has 0 bridgehead atoms. The van der Waals surface area contributed by atoms with Crippen molar-refractivity contribution in [2.24, 2.45) is 5.84 Å². The topological polar surface area (TPSA) is 67.1 Å². The normalized spacial score (nSPS) is 9.77. The third-order valence-electron chi connectivity index (χ3n) is 1.86. The minimum absolute atomic E-state index is 0.449. The van der Waals surface area contributed by atoms with Crippen molar-refractivity contribution in [3.63, 3.8) is 0 Å². The Morgan fingerprint density at radius 1 is 1.46 bits per heavy atom. The van der Waals surface area contributed by atoms with Gasteiger partial charge in [0, 0.05) is 19.3 Å². The van der Waals surface area contributed by atoms with E-state index < -0.39 is 0 Å². The lowest BCUT2D eigenvalue weighted by molar-refractivity contribution is 0.842. The maximum atomic E-state index is 5.21. The van der Waals surface area contributed by atoms with E-state index in [-0.39, 0.29) is 0 Å². The van der Waals surface area contributed by atoms with Crippen molar-refractivity contribution in [1.29, 1.82) is 0 Å². The van der Waals surface area contributed by atoms with Crippen molar-refractivity contribution in [2.75, 3.05) is 23.4 Å². The highest BCUT2D eigenvalue weighted by atomic mass is 15.3. The summed E-state index contributed by atoms with van der Waals surface area (Å²) in [6.45, 7) is 6.03. The first-order valence-corrected chi connectivity index (χ1v) is 4.36. The molecule has 3 N–H and O–H groups in total. The van der Waals surface area contributed by atoms with Gasteiger partial charge in [-0.25, -0.2) is 10.8 Å². The molecule has 0 amide bonds. The molecule has 0 saturated carbocycles. The van der Waals surface area contributed by atoms with Gasteiger partial charge in [0.05, 0.1) is 0 Å². The highest BCUT2D eigenvalue weighted by Crippen LogP contribution is 2.10. The van der Waals surface area contributed by atoms with E-state index in [4.69, 9.17) is 5.84 Å². The minimum atomic E-state index is 0.449. The summed E-state index contributed by atoms with van der Waals surface area (Å²) in [6, 6.07) is 1.87. The number of hydrogen-bond acceptors (Lipinski definition) is 5. The van der Waals surface area contributed by atoms with E-state index in [1.807, 2.05) is 6.07 Å². The van der Waals surface area contributed by atoms with Crippen LogP contribution in [0.1, 0.15) is 13.8 Å². The van der Waals surface area contributed by atoms with Gasteiger partial charge in [0.15, 0.2) is 0 Å². The first kappa shape index (κ1) is 9.73. The van der Waals surface area contributed by atoms with Gasteiger partial charge in [0.1, 0.15) is 5.82 Å². The Kier molecular flexibility index (Phi) is 3.45. The van der Waals surface area contributed by atoms with Crippen LogP contribution in [0.4, 0.5) is 11.8 Å². The Hall–Kier alpha value is -1.36. The zero-order chi connectivity index (χ0) is 9.68. The van der Waals surface area contributed by atoms with Crippen LogP contribution in [0.5, 0.6) is 0 Å². The maximum absolute atomic E-state index is 5.21. The summed E-state index contributed by atoms with van der Waals surface area (Å²) in [5, 5.41) is 0. The van der Waals surface area contributed by atoms with E-state index >= 15 is 0 Å². The van der Waals surface area contributed by atoms with Crippen molar-refractivity contribution in [2.45, 2.75) is 13.8 Å². The molecule has 1 rings (SSSR count). The third-order valence-corrected chi connectivity index (χ3v) is 1.86. The second-order valence-corrected chi connectivity index (χ2v) is 2.56. The van der Waals surface area contributed by atoms with Crippen LogP contribution in [-0.2, 0) is 0 Å². The monoisotopic (exact) mass is 181 g/mol. The molecule has 72 valence electrons. The first-order valence-electron chi connectivity index (χ1n) is 4.36. The zero-order valence-corrected chi connectivity index (χ0v) is 7.99. The minimum Gasteiger partial charge on any atom is -0.357 e. The largest absolute Gasteiger partial charge is 0.357 e. The molecule has 1 heterocycles. The fraction of sp³-hybridized carbons (Fsp3) is 0.500. The summed E-state index contributed by atoms with van der Waals surface area (Å²) in [5.74, 6) is 6.55. The number of aromatic nitrogens is 2. The van der Waals surface area contributed by atoms with Crippen LogP contribution in [0.15, 0.2) is 12.3 Å². The second-order valence-electron chi connectivity index (χ2n) is 2.56. The fourth-order valence-electron chi connectivity index (χ4n) is 1.14. The number of hydrogen-bond donors (Lipinski definition) is 2. The molecular formula is C8H15N5. The molecule has 1 aromatic heterocycles. The fourth-order valence-corrected chi connectivity index (χ4v) is 1.14. The Morgan fingerprint density at radius 3 is 2.69 bits per heavy atom. The molecule has 0 saturated heterocycles. The lowest BCUT2D eigenvalue weighted by Gasteiger charge is -2.19. The number of nitrogens with one attached hydrogen (secondary N) is 1. The maximum Gasteiger partial charge on any atom is 0.239 e. The number of rotatable bonds is 4. The molecule has 13 heavy (non-hydrogen) atoms. The van der Waals surface area contributed by atoms with Gasteiger partial charge >= 0.3 is 0 Å². The van der Waals surface area contributed by atoms with Gasteiger partial charge < -0.3 is 4.90 Å². The average molecular weight is 181 g/mol. The first-order chi connectivity index (χ1) is 6.31. The molecule has 0 aliphatic heterocycles. The summed E-state index contributed by atoms with van der Waals surface area (Å²) >= 11 is 0. The Bertz CT molecular complexity index is 258. The highest BCUT2D eigenvalue weighted by molar-refractivity contribution is 5.41. The molecule has 0 aliphatic carbocycles. The number of nitrogens with zero attached hydrogens (tertiary/aromatic N) is 3. The van der Waals surface area contributed by atoms with Crippen LogP contribution >= 0.6 is 0 Å².